The van der Waals surface area contributed by atoms with Crippen LogP contribution in [0.5, 0.6) is 0 Å². The third-order valence-electron chi connectivity index (χ3n) is 3.82. The molecule has 3 nitrogen and oxygen atoms in total. The quantitative estimate of drug-likeness (QED) is 0.765. The van der Waals surface area contributed by atoms with Gasteiger partial charge in [0.05, 0.1) is 0 Å². The Morgan fingerprint density at radius 3 is 2.11 bits per heavy atom. The minimum atomic E-state index is 0.606. The first kappa shape index (κ1) is 12.2. The number of aromatic nitrogens is 2. The fourth-order valence-electron chi connectivity index (χ4n) is 2.36. The van der Waals surface area contributed by atoms with E-state index >= 15 is 0 Å². The number of halogens is 1. The summed E-state index contributed by atoms with van der Waals surface area (Å²) in [5.41, 5.74) is 1.03. The molecule has 0 N–H and O–H groups in total. The van der Waals surface area contributed by atoms with Crippen LogP contribution in [0.25, 0.3) is 0 Å². The summed E-state index contributed by atoms with van der Waals surface area (Å²) in [6.07, 6.45) is 5.49. The van der Waals surface area contributed by atoms with E-state index in [9.17, 15) is 0 Å². The summed E-state index contributed by atoms with van der Waals surface area (Å²) >= 11 is 6.19. The molecule has 3 rings (SSSR count). The number of hydrogen-bond donors (Lipinski definition) is 0. The van der Waals surface area contributed by atoms with Crippen molar-refractivity contribution in [3.63, 3.8) is 0 Å². The van der Waals surface area contributed by atoms with E-state index in [1.54, 1.807) is 0 Å². The highest BCUT2D eigenvalue weighted by molar-refractivity contribution is 6.30. The fourth-order valence-corrected chi connectivity index (χ4v) is 2.57. The van der Waals surface area contributed by atoms with Gasteiger partial charge < -0.3 is 4.90 Å². The predicted molar refractivity (Wildman–Crippen MR) is 74.2 cm³/mol. The molecule has 1 aromatic heterocycles. The highest BCUT2D eigenvalue weighted by Gasteiger charge is 2.30. The van der Waals surface area contributed by atoms with Gasteiger partial charge in [-0.05, 0) is 51.4 Å². The lowest BCUT2D eigenvalue weighted by Gasteiger charge is -2.25. The van der Waals surface area contributed by atoms with Gasteiger partial charge in [-0.25, -0.2) is 9.97 Å². The van der Waals surface area contributed by atoms with Gasteiger partial charge in [-0.15, -0.1) is 0 Å². The Kier molecular flexibility index (Phi) is 3.18. The second kappa shape index (κ2) is 4.69. The van der Waals surface area contributed by atoms with E-state index in [4.69, 9.17) is 11.6 Å². The lowest BCUT2D eigenvalue weighted by Crippen LogP contribution is -2.30. The molecule has 0 aromatic carbocycles. The highest BCUT2D eigenvalue weighted by atomic mass is 35.5. The van der Waals surface area contributed by atoms with Gasteiger partial charge in [-0.1, -0.05) is 11.6 Å². The molecule has 18 heavy (non-hydrogen) atoms. The van der Waals surface area contributed by atoms with Crippen molar-refractivity contribution in [2.75, 3.05) is 18.0 Å². The molecule has 0 atom stereocenters. The summed E-state index contributed by atoms with van der Waals surface area (Å²) in [5.74, 6) is 3.58. The standard InChI is InChI=1S/C14H20ClN3/c1-9-13(15)16-10(2)17-14(9)18(7-11-3-4-11)8-12-5-6-12/h11-12H,3-8H2,1-2H3. The number of rotatable bonds is 5. The fraction of sp³-hybridized carbons (Fsp3) is 0.714. The van der Waals surface area contributed by atoms with E-state index in [0.717, 1.165) is 42.1 Å². The van der Waals surface area contributed by atoms with Crippen LogP contribution in [0.4, 0.5) is 5.82 Å². The molecule has 0 radical (unpaired) electrons. The minimum absolute atomic E-state index is 0.606. The number of aryl methyl sites for hydroxylation is 1. The molecule has 0 amide bonds. The van der Waals surface area contributed by atoms with Crippen LogP contribution in [0.15, 0.2) is 0 Å². The Morgan fingerprint density at radius 2 is 1.61 bits per heavy atom. The van der Waals surface area contributed by atoms with Gasteiger partial charge >= 0.3 is 0 Å². The molecule has 4 heteroatoms. The maximum atomic E-state index is 6.19. The molecule has 2 fully saturated rings. The van der Waals surface area contributed by atoms with Gasteiger partial charge in [0, 0.05) is 18.7 Å². The van der Waals surface area contributed by atoms with Crippen molar-refractivity contribution in [3.05, 3.63) is 16.5 Å². The second-order valence-corrected chi connectivity index (χ2v) is 6.16. The average Bonchev–Trinajstić information content (AvgIpc) is 3.17. The van der Waals surface area contributed by atoms with E-state index < -0.39 is 0 Å². The van der Waals surface area contributed by atoms with Crippen LogP contribution in [0.2, 0.25) is 5.15 Å². The van der Waals surface area contributed by atoms with Crippen LogP contribution in [0, 0.1) is 25.7 Å². The maximum absolute atomic E-state index is 6.19. The third kappa shape index (κ3) is 2.77. The number of nitrogens with zero attached hydrogens (tertiary/aromatic N) is 3. The van der Waals surface area contributed by atoms with E-state index in [-0.39, 0.29) is 0 Å². The first-order valence-corrected chi connectivity index (χ1v) is 7.27. The molecule has 2 saturated carbocycles. The SMILES string of the molecule is Cc1nc(Cl)c(C)c(N(CC2CC2)CC2CC2)n1. The summed E-state index contributed by atoms with van der Waals surface area (Å²) in [5, 5.41) is 0.606. The van der Waals surface area contributed by atoms with E-state index in [1.165, 1.54) is 25.7 Å². The van der Waals surface area contributed by atoms with Crippen molar-refractivity contribution in [2.45, 2.75) is 39.5 Å². The van der Waals surface area contributed by atoms with Crippen LogP contribution in [-0.4, -0.2) is 23.1 Å². The van der Waals surface area contributed by atoms with E-state index in [2.05, 4.69) is 14.9 Å². The first-order chi connectivity index (χ1) is 8.63. The molecular weight excluding hydrogens is 246 g/mol. The van der Waals surface area contributed by atoms with Crippen molar-refractivity contribution in [3.8, 4) is 0 Å². The summed E-state index contributed by atoms with van der Waals surface area (Å²) < 4.78 is 0. The Hall–Kier alpha value is -0.830. The zero-order valence-corrected chi connectivity index (χ0v) is 11.9. The predicted octanol–water partition coefficient (Wildman–Crippen LogP) is 3.37. The topological polar surface area (TPSA) is 29.0 Å². The van der Waals surface area contributed by atoms with Crippen LogP contribution >= 0.6 is 11.6 Å². The lowest BCUT2D eigenvalue weighted by atomic mass is 10.2. The second-order valence-electron chi connectivity index (χ2n) is 5.80. The van der Waals surface area contributed by atoms with E-state index in [1.807, 2.05) is 13.8 Å². The normalized spacial score (nSPS) is 19.1. The molecule has 0 aliphatic heterocycles. The molecule has 0 bridgehead atoms. The largest absolute Gasteiger partial charge is 0.356 e. The van der Waals surface area contributed by atoms with Crippen LogP contribution in [0.1, 0.15) is 37.1 Å². The van der Waals surface area contributed by atoms with Crippen molar-refractivity contribution in [1.82, 2.24) is 9.97 Å². The number of anilines is 1. The summed E-state index contributed by atoms with van der Waals surface area (Å²) in [4.78, 5) is 11.3. The Labute approximate surface area is 114 Å². The highest BCUT2D eigenvalue weighted by Crippen LogP contribution is 2.36. The zero-order chi connectivity index (χ0) is 12.7. The zero-order valence-electron chi connectivity index (χ0n) is 11.1. The van der Waals surface area contributed by atoms with Gasteiger partial charge in [0.15, 0.2) is 0 Å². The van der Waals surface area contributed by atoms with Gasteiger partial charge in [0.2, 0.25) is 0 Å². The smallest absolute Gasteiger partial charge is 0.137 e. The van der Waals surface area contributed by atoms with Gasteiger partial charge in [-0.3, -0.25) is 0 Å². The molecule has 0 unspecified atom stereocenters. The van der Waals surface area contributed by atoms with Gasteiger partial charge in [0.25, 0.3) is 0 Å². The Balaban J connectivity index is 1.86. The van der Waals surface area contributed by atoms with Crippen molar-refractivity contribution in [1.29, 1.82) is 0 Å². The molecule has 98 valence electrons. The lowest BCUT2D eigenvalue weighted by molar-refractivity contribution is 0.667. The molecule has 2 aliphatic carbocycles. The van der Waals surface area contributed by atoms with Crippen LogP contribution in [-0.2, 0) is 0 Å². The van der Waals surface area contributed by atoms with Gasteiger partial charge in [0.1, 0.15) is 16.8 Å². The first-order valence-electron chi connectivity index (χ1n) is 6.89. The monoisotopic (exact) mass is 265 g/mol. The van der Waals surface area contributed by atoms with Crippen molar-refractivity contribution >= 4 is 17.4 Å². The summed E-state index contributed by atoms with van der Waals surface area (Å²) in [6.45, 7) is 6.24. The molecule has 1 aromatic rings. The van der Waals surface area contributed by atoms with E-state index in [0.29, 0.717) is 5.15 Å². The van der Waals surface area contributed by atoms with Crippen LogP contribution in [0.3, 0.4) is 0 Å². The average molecular weight is 266 g/mol. The summed E-state index contributed by atoms with van der Waals surface area (Å²) in [7, 11) is 0. The van der Waals surface area contributed by atoms with Crippen molar-refractivity contribution in [2.24, 2.45) is 11.8 Å². The maximum Gasteiger partial charge on any atom is 0.137 e. The molecule has 0 spiro atoms. The Bertz CT molecular complexity index is 439. The molecule has 1 heterocycles. The number of hydrogen-bond acceptors (Lipinski definition) is 3. The molecule has 2 aliphatic rings. The third-order valence-corrected chi connectivity index (χ3v) is 4.19. The molecule has 0 saturated heterocycles. The van der Waals surface area contributed by atoms with Crippen molar-refractivity contribution < 1.29 is 0 Å². The molecular formula is C14H20ClN3. The Morgan fingerprint density at radius 1 is 1.06 bits per heavy atom. The summed E-state index contributed by atoms with van der Waals surface area (Å²) in [6, 6.07) is 0. The van der Waals surface area contributed by atoms with Crippen LogP contribution < -0.4 is 4.90 Å². The van der Waals surface area contributed by atoms with Gasteiger partial charge in [-0.2, -0.15) is 0 Å². The minimum Gasteiger partial charge on any atom is -0.356 e.